The minimum atomic E-state index is -4.31. The maximum absolute atomic E-state index is 12.8. The molecule has 0 saturated heterocycles. The van der Waals surface area contributed by atoms with Crippen molar-refractivity contribution in [3.63, 3.8) is 0 Å². The van der Waals surface area contributed by atoms with E-state index in [9.17, 15) is 13.2 Å². The average Bonchev–Trinajstić information content (AvgIpc) is 2.67. The predicted molar refractivity (Wildman–Crippen MR) is 106 cm³/mol. The van der Waals surface area contributed by atoms with Gasteiger partial charge in [0.2, 0.25) is 0 Å². The van der Waals surface area contributed by atoms with E-state index in [1.54, 1.807) is 0 Å². The van der Waals surface area contributed by atoms with Crippen LogP contribution in [0.15, 0.2) is 72.8 Å². The Morgan fingerprint density at radius 2 is 1.26 bits per heavy atom. The molecule has 0 aliphatic carbocycles. The van der Waals surface area contributed by atoms with E-state index < -0.39 is 11.7 Å². The smallest absolute Gasteiger partial charge is 0.166 e. The van der Waals surface area contributed by atoms with Crippen LogP contribution in [0.1, 0.15) is 24.5 Å². The van der Waals surface area contributed by atoms with Crippen molar-refractivity contribution in [3.8, 4) is 11.1 Å². The number of benzene rings is 4. The second-order valence-corrected chi connectivity index (χ2v) is 6.88. The molecule has 4 aromatic carbocycles. The molecule has 4 rings (SSSR count). The van der Waals surface area contributed by atoms with Gasteiger partial charge in [-0.15, -0.1) is 0 Å². The summed E-state index contributed by atoms with van der Waals surface area (Å²) < 4.78 is 38.3. The Morgan fingerprint density at radius 3 is 1.89 bits per heavy atom. The summed E-state index contributed by atoms with van der Waals surface area (Å²) in [6.07, 6.45) is -2.12. The van der Waals surface area contributed by atoms with E-state index in [1.807, 2.05) is 12.1 Å². The molecule has 0 N–H and O–H groups in total. The van der Waals surface area contributed by atoms with Gasteiger partial charge in [0.25, 0.3) is 0 Å². The van der Waals surface area contributed by atoms with Crippen molar-refractivity contribution in [1.82, 2.24) is 0 Å². The molecule has 0 atom stereocenters. The molecule has 27 heavy (non-hydrogen) atoms. The van der Waals surface area contributed by atoms with Crippen LogP contribution in [0.5, 0.6) is 0 Å². The highest BCUT2D eigenvalue weighted by atomic mass is 19.4. The molecule has 0 heterocycles. The van der Waals surface area contributed by atoms with Gasteiger partial charge in [0, 0.05) is 0 Å². The van der Waals surface area contributed by atoms with Gasteiger partial charge in [-0.1, -0.05) is 67.9 Å². The fourth-order valence-corrected chi connectivity index (χ4v) is 3.60. The summed E-state index contributed by atoms with van der Waals surface area (Å²) in [5.74, 6) is 0. The maximum Gasteiger partial charge on any atom is 0.416 e. The summed E-state index contributed by atoms with van der Waals surface area (Å²) in [5.41, 5.74) is 2.41. The first-order chi connectivity index (χ1) is 13.0. The summed E-state index contributed by atoms with van der Waals surface area (Å²) in [6.45, 7) is 2.17. The van der Waals surface area contributed by atoms with Crippen LogP contribution >= 0.6 is 0 Å². The molecule has 0 saturated carbocycles. The van der Waals surface area contributed by atoms with Gasteiger partial charge in [-0.2, -0.15) is 13.2 Å². The molecule has 0 unspecified atom stereocenters. The normalized spacial score (nSPS) is 12.0. The van der Waals surface area contributed by atoms with Crippen LogP contribution in [0.4, 0.5) is 13.2 Å². The molecule has 0 aromatic heterocycles. The molecule has 0 bridgehead atoms. The van der Waals surface area contributed by atoms with Crippen molar-refractivity contribution in [2.75, 3.05) is 0 Å². The lowest BCUT2D eigenvalue weighted by molar-refractivity contribution is -0.137. The number of hydrogen-bond acceptors (Lipinski definition) is 0. The molecule has 4 aromatic rings. The Kier molecular flexibility index (Phi) is 4.39. The van der Waals surface area contributed by atoms with Gasteiger partial charge in [0.1, 0.15) is 0 Å². The largest absolute Gasteiger partial charge is 0.416 e. The SMILES string of the molecule is CCCc1ccc2c(ccc3cc(-c4ccc(C(F)(F)F)cc4)ccc32)c1. The van der Waals surface area contributed by atoms with E-state index in [-0.39, 0.29) is 0 Å². The standard InChI is InChI=1S/C24H19F3/c1-2-3-16-4-12-22-19(14-16)5-6-20-15-18(9-13-23(20)22)17-7-10-21(11-8-17)24(25,26)27/h4-15H,2-3H2,1H3. The third-order valence-corrected chi connectivity index (χ3v) is 4.98. The van der Waals surface area contributed by atoms with Crippen LogP contribution in [0.25, 0.3) is 32.7 Å². The molecule has 0 aliphatic rings. The van der Waals surface area contributed by atoms with Crippen molar-refractivity contribution >= 4 is 21.5 Å². The minimum absolute atomic E-state index is 0.624. The fraction of sp³-hybridized carbons (Fsp3) is 0.167. The third-order valence-electron chi connectivity index (χ3n) is 4.98. The molecule has 3 heteroatoms. The van der Waals surface area contributed by atoms with Crippen molar-refractivity contribution in [1.29, 1.82) is 0 Å². The van der Waals surface area contributed by atoms with Crippen LogP contribution in [0.3, 0.4) is 0 Å². The molecule has 0 nitrogen and oxygen atoms in total. The van der Waals surface area contributed by atoms with Crippen molar-refractivity contribution in [2.45, 2.75) is 25.9 Å². The summed E-state index contributed by atoms with van der Waals surface area (Å²) in [6, 6.07) is 22.2. The number of hydrogen-bond donors (Lipinski definition) is 0. The van der Waals surface area contributed by atoms with E-state index in [2.05, 4.69) is 43.3 Å². The predicted octanol–water partition coefficient (Wildman–Crippen LogP) is 7.63. The van der Waals surface area contributed by atoms with Gasteiger partial charge in [-0.3, -0.25) is 0 Å². The van der Waals surface area contributed by atoms with Gasteiger partial charge in [-0.05, 0) is 62.9 Å². The van der Waals surface area contributed by atoms with Crippen LogP contribution in [-0.2, 0) is 12.6 Å². The number of fused-ring (bicyclic) bond motifs is 3. The Bertz CT molecular complexity index is 1110. The first-order valence-electron chi connectivity index (χ1n) is 9.09. The topological polar surface area (TPSA) is 0 Å². The summed E-state index contributed by atoms with van der Waals surface area (Å²) in [4.78, 5) is 0. The van der Waals surface area contributed by atoms with Crippen molar-refractivity contribution in [2.24, 2.45) is 0 Å². The summed E-state index contributed by atoms with van der Waals surface area (Å²) in [5, 5.41) is 4.66. The molecule has 0 amide bonds. The Balaban J connectivity index is 1.76. The highest BCUT2D eigenvalue weighted by Gasteiger charge is 2.29. The van der Waals surface area contributed by atoms with Gasteiger partial charge in [0.05, 0.1) is 5.56 Å². The lowest BCUT2D eigenvalue weighted by atomic mass is 9.95. The first kappa shape index (κ1) is 17.6. The number of aryl methyl sites for hydroxylation is 1. The summed E-state index contributed by atoms with van der Waals surface area (Å²) in [7, 11) is 0. The Morgan fingerprint density at radius 1 is 0.667 bits per heavy atom. The van der Waals surface area contributed by atoms with Crippen LogP contribution < -0.4 is 0 Å². The molecule has 136 valence electrons. The number of halogens is 3. The van der Waals surface area contributed by atoms with Crippen LogP contribution in [-0.4, -0.2) is 0 Å². The van der Waals surface area contributed by atoms with Gasteiger partial charge in [-0.25, -0.2) is 0 Å². The highest BCUT2D eigenvalue weighted by molar-refractivity contribution is 6.08. The quantitative estimate of drug-likeness (QED) is 0.328. The molecular weight excluding hydrogens is 345 g/mol. The van der Waals surface area contributed by atoms with Gasteiger partial charge >= 0.3 is 6.18 Å². The van der Waals surface area contributed by atoms with Crippen LogP contribution in [0, 0.1) is 0 Å². The maximum atomic E-state index is 12.8. The summed E-state index contributed by atoms with van der Waals surface area (Å²) >= 11 is 0. The second-order valence-electron chi connectivity index (χ2n) is 6.88. The van der Waals surface area contributed by atoms with Crippen molar-refractivity contribution in [3.05, 3.63) is 83.9 Å². The lowest BCUT2D eigenvalue weighted by Gasteiger charge is -2.10. The molecule has 0 radical (unpaired) electrons. The highest BCUT2D eigenvalue weighted by Crippen LogP contribution is 2.33. The number of rotatable bonds is 3. The zero-order chi connectivity index (χ0) is 19.0. The third kappa shape index (κ3) is 3.42. The molecule has 0 fully saturated rings. The van der Waals surface area contributed by atoms with Crippen molar-refractivity contribution < 1.29 is 13.2 Å². The Hall–Kier alpha value is -2.81. The lowest BCUT2D eigenvalue weighted by Crippen LogP contribution is -2.03. The Labute approximate surface area is 156 Å². The zero-order valence-corrected chi connectivity index (χ0v) is 15.0. The second kappa shape index (κ2) is 6.73. The van der Waals surface area contributed by atoms with E-state index in [0.29, 0.717) is 0 Å². The van der Waals surface area contributed by atoms with Gasteiger partial charge < -0.3 is 0 Å². The van der Waals surface area contributed by atoms with E-state index in [1.165, 1.54) is 28.5 Å². The van der Waals surface area contributed by atoms with Gasteiger partial charge in [0.15, 0.2) is 0 Å². The van der Waals surface area contributed by atoms with E-state index in [0.717, 1.165) is 46.9 Å². The fourth-order valence-electron chi connectivity index (χ4n) is 3.60. The minimum Gasteiger partial charge on any atom is -0.166 e. The first-order valence-corrected chi connectivity index (χ1v) is 9.09. The average molecular weight is 364 g/mol. The van der Waals surface area contributed by atoms with Crippen LogP contribution in [0.2, 0.25) is 0 Å². The number of alkyl halides is 3. The molecular formula is C24H19F3. The van der Waals surface area contributed by atoms with E-state index in [4.69, 9.17) is 0 Å². The monoisotopic (exact) mass is 364 g/mol. The zero-order valence-electron chi connectivity index (χ0n) is 15.0. The molecule has 0 spiro atoms. The van der Waals surface area contributed by atoms with E-state index >= 15 is 0 Å². The molecule has 0 aliphatic heterocycles.